The maximum absolute atomic E-state index is 13.0. The molecular formula is C21H15F3N4S. The lowest BCUT2D eigenvalue weighted by Crippen LogP contribution is -2.10. The van der Waals surface area contributed by atoms with Crippen molar-refractivity contribution in [2.75, 3.05) is 11.2 Å². The molecule has 1 N–H and O–H groups in total. The quantitative estimate of drug-likeness (QED) is 0.195. The molecule has 0 atom stereocenters. The minimum Gasteiger partial charge on any atom is -0.261 e. The topological polar surface area (TPSA) is 50.2 Å². The molecule has 1 heterocycles. The van der Waals surface area contributed by atoms with Gasteiger partial charge in [-0.05, 0) is 16.7 Å². The number of benzene rings is 2. The molecule has 0 radical (unpaired) electrons. The molecule has 146 valence electrons. The Morgan fingerprint density at radius 1 is 1.03 bits per heavy atom. The highest BCUT2D eigenvalue weighted by Crippen LogP contribution is 2.30. The van der Waals surface area contributed by atoms with Crippen molar-refractivity contribution in [2.24, 2.45) is 5.10 Å². The van der Waals surface area contributed by atoms with Crippen LogP contribution >= 0.6 is 11.8 Å². The first-order chi connectivity index (χ1) is 14.0. The Bertz CT molecular complexity index is 1030. The average Bonchev–Trinajstić information content (AvgIpc) is 2.73. The highest BCUT2D eigenvalue weighted by Gasteiger charge is 2.33. The molecule has 3 rings (SSSR count). The van der Waals surface area contributed by atoms with Gasteiger partial charge in [-0.15, -0.1) is 6.42 Å². The number of thioether (sulfide) groups is 1. The Morgan fingerprint density at radius 3 is 2.38 bits per heavy atom. The molecule has 2 aromatic carbocycles. The van der Waals surface area contributed by atoms with Crippen LogP contribution in [-0.4, -0.2) is 21.9 Å². The Hall–Kier alpha value is -3.31. The maximum atomic E-state index is 13.0. The van der Waals surface area contributed by atoms with Gasteiger partial charge in [0, 0.05) is 6.07 Å². The van der Waals surface area contributed by atoms with E-state index < -0.39 is 11.9 Å². The number of nitrogens with one attached hydrogen (secondary N) is 1. The van der Waals surface area contributed by atoms with Crippen LogP contribution in [0, 0.1) is 12.3 Å². The van der Waals surface area contributed by atoms with Crippen LogP contribution < -0.4 is 5.43 Å². The summed E-state index contributed by atoms with van der Waals surface area (Å²) in [5.41, 5.74) is 4.39. The summed E-state index contributed by atoms with van der Waals surface area (Å²) in [6, 6.07) is 18.3. The van der Waals surface area contributed by atoms with E-state index in [9.17, 15) is 13.2 Å². The van der Waals surface area contributed by atoms with E-state index in [1.54, 1.807) is 0 Å². The van der Waals surface area contributed by atoms with E-state index in [4.69, 9.17) is 6.42 Å². The van der Waals surface area contributed by atoms with Gasteiger partial charge >= 0.3 is 6.18 Å². The van der Waals surface area contributed by atoms with Crippen LogP contribution in [0.5, 0.6) is 0 Å². The molecule has 3 aromatic rings. The molecule has 0 bridgehead atoms. The summed E-state index contributed by atoms with van der Waals surface area (Å²) in [6.45, 7) is 0. The molecule has 29 heavy (non-hydrogen) atoms. The zero-order valence-corrected chi connectivity index (χ0v) is 15.8. The van der Waals surface area contributed by atoms with E-state index in [1.807, 2.05) is 54.6 Å². The van der Waals surface area contributed by atoms with Crippen molar-refractivity contribution in [3.8, 4) is 23.5 Å². The van der Waals surface area contributed by atoms with Crippen LogP contribution in [-0.2, 0) is 6.18 Å². The third kappa shape index (κ3) is 5.83. The minimum absolute atomic E-state index is 0.0657. The Kier molecular flexibility index (Phi) is 6.52. The van der Waals surface area contributed by atoms with Crippen molar-refractivity contribution in [3.05, 3.63) is 71.9 Å². The largest absolute Gasteiger partial charge is 0.433 e. The van der Waals surface area contributed by atoms with Crippen molar-refractivity contribution < 1.29 is 13.2 Å². The Labute approximate surface area is 170 Å². The number of aromatic nitrogens is 2. The Morgan fingerprint density at radius 2 is 1.72 bits per heavy atom. The second kappa shape index (κ2) is 9.26. The van der Waals surface area contributed by atoms with Gasteiger partial charge in [0.25, 0.3) is 0 Å². The molecule has 0 saturated heterocycles. The van der Waals surface area contributed by atoms with Gasteiger partial charge in [0.2, 0.25) is 0 Å². The molecule has 1 aromatic heterocycles. The summed E-state index contributed by atoms with van der Waals surface area (Å²) in [5, 5.41) is 3.91. The molecule has 0 fully saturated rings. The standard InChI is InChI=1S/C21H15F3N4S/c1-2-12-29-20-26-18(21(22,23)24)13-19(27-20)28-25-14-15-8-10-17(11-9-15)16-6-4-3-5-7-16/h1,3-11,13-14H,12H2,(H,26,27,28)/b25-14+. The van der Waals surface area contributed by atoms with Crippen molar-refractivity contribution >= 4 is 23.8 Å². The van der Waals surface area contributed by atoms with E-state index in [0.29, 0.717) is 0 Å². The number of terminal acetylenes is 1. The lowest BCUT2D eigenvalue weighted by molar-refractivity contribution is -0.141. The zero-order valence-electron chi connectivity index (χ0n) is 15.0. The lowest BCUT2D eigenvalue weighted by atomic mass is 10.0. The number of rotatable bonds is 6. The van der Waals surface area contributed by atoms with Crippen LogP contribution in [0.3, 0.4) is 0 Å². The molecule has 0 spiro atoms. The lowest BCUT2D eigenvalue weighted by Gasteiger charge is -2.09. The molecule has 0 unspecified atom stereocenters. The fraction of sp³-hybridized carbons (Fsp3) is 0.0952. The molecule has 0 amide bonds. The predicted molar refractivity (Wildman–Crippen MR) is 110 cm³/mol. The number of nitrogens with zero attached hydrogens (tertiary/aromatic N) is 3. The fourth-order valence-electron chi connectivity index (χ4n) is 2.36. The van der Waals surface area contributed by atoms with Crippen molar-refractivity contribution in [1.82, 2.24) is 9.97 Å². The van der Waals surface area contributed by atoms with Gasteiger partial charge in [0.15, 0.2) is 16.7 Å². The van der Waals surface area contributed by atoms with Crippen molar-refractivity contribution in [1.29, 1.82) is 0 Å². The molecule has 4 nitrogen and oxygen atoms in total. The summed E-state index contributed by atoms with van der Waals surface area (Å²) >= 11 is 0.944. The molecule has 0 aliphatic carbocycles. The van der Waals surface area contributed by atoms with E-state index in [0.717, 1.165) is 34.5 Å². The molecule has 0 aliphatic heterocycles. The third-order valence-electron chi connectivity index (χ3n) is 3.69. The first kappa shape index (κ1) is 20.4. The van der Waals surface area contributed by atoms with Crippen LogP contribution in [0.1, 0.15) is 11.3 Å². The highest BCUT2D eigenvalue weighted by atomic mass is 32.2. The van der Waals surface area contributed by atoms with Gasteiger partial charge in [0.05, 0.1) is 12.0 Å². The van der Waals surface area contributed by atoms with Crippen LogP contribution in [0.15, 0.2) is 70.9 Å². The van der Waals surface area contributed by atoms with E-state index in [2.05, 4.69) is 26.4 Å². The Balaban J connectivity index is 1.73. The number of hydrazone groups is 1. The number of hydrogen-bond donors (Lipinski definition) is 1. The smallest absolute Gasteiger partial charge is 0.261 e. The van der Waals surface area contributed by atoms with Gasteiger partial charge in [-0.1, -0.05) is 72.3 Å². The molecule has 8 heteroatoms. The number of anilines is 1. The van der Waals surface area contributed by atoms with Crippen LogP contribution in [0.4, 0.5) is 19.0 Å². The fourth-order valence-corrected chi connectivity index (χ4v) is 2.90. The van der Waals surface area contributed by atoms with E-state index >= 15 is 0 Å². The van der Waals surface area contributed by atoms with Gasteiger partial charge < -0.3 is 0 Å². The number of alkyl halides is 3. The third-order valence-corrected chi connectivity index (χ3v) is 4.44. The number of hydrogen-bond acceptors (Lipinski definition) is 5. The second-order valence-corrected chi connectivity index (χ2v) is 6.71. The van der Waals surface area contributed by atoms with Gasteiger partial charge in [-0.2, -0.15) is 18.3 Å². The SMILES string of the molecule is C#CCSc1nc(N/N=C/c2ccc(-c3ccccc3)cc2)cc(C(F)(F)F)n1. The first-order valence-corrected chi connectivity index (χ1v) is 9.41. The normalized spacial score (nSPS) is 11.4. The first-order valence-electron chi connectivity index (χ1n) is 8.43. The van der Waals surface area contributed by atoms with Crippen LogP contribution in [0.2, 0.25) is 0 Å². The summed E-state index contributed by atoms with van der Waals surface area (Å²) in [4.78, 5) is 7.49. The van der Waals surface area contributed by atoms with Crippen molar-refractivity contribution in [2.45, 2.75) is 11.3 Å². The monoisotopic (exact) mass is 412 g/mol. The van der Waals surface area contributed by atoms with Gasteiger partial charge in [-0.25, -0.2) is 9.97 Å². The summed E-state index contributed by atoms with van der Waals surface area (Å²) in [6.07, 6.45) is 2.05. The molecular weight excluding hydrogens is 397 g/mol. The van der Waals surface area contributed by atoms with E-state index in [-0.39, 0.29) is 16.7 Å². The predicted octanol–water partition coefficient (Wildman–Crippen LogP) is 5.33. The summed E-state index contributed by atoms with van der Waals surface area (Å²) in [7, 11) is 0. The minimum atomic E-state index is -4.60. The average molecular weight is 412 g/mol. The summed E-state index contributed by atoms with van der Waals surface area (Å²) in [5.74, 6) is 2.43. The number of halogens is 3. The molecule has 0 saturated carbocycles. The van der Waals surface area contributed by atoms with E-state index in [1.165, 1.54) is 6.21 Å². The van der Waals surface area contributed by atoms with Gasteiger partial charge in [0.1, 0.15) is 0 Å². The van der Waals surface area contributed by atoms with Crippen LogP contribution in [0.25, 0.3) is 11.1 Å². The molecule has 0 aliphatic rings. The maximum Gasteiger partial charge on any atom is 0.433 e. The van der Waals surface area contributed by atoms with Crippen molar-refractivity contribution in [3.63, 3.8) is 0 Å². The highest BCUT2D eigenvalue weighted by molar-refractivity contribution is 7.99. The second-order valence-electron chi connectivity index (χ2n) is 5.77. The van der Waals surface area contributed by atoms with Gasteiger partial charge in [-0.3, -0.25) is 5.43 Å². The zero-order chi connectivity index (χ0) is 20.7. The summed E-state index contributed by atoms with van der Waals surface area (Å²) < 4.78 is 39.1.